The molecule has 4 N–H and O–H groups in total. The van der Waals surface area contributed by atoms with Crippen LogP contribution in [0.2, 0.25) is 0 Å². The first-order valence-corrected chi connectivity index (χ1v) is 12.4. The maximum absolute atomic E-state index is 12.5. The lowest BCUT2D eigenvalue weighted by molar-refractivity contribution is -0.108. The van der Waals surface area contributed by atoms with Crippen molar-refractivity contribution >= 4 is 20.2 Å². The molecular weight excluding hydrogens is 558 g/mol. The maximum Gasteiger partial charge on any atom is 0.406 e. The van der Waals surface area contributed by atoms with E-state index >= 15 is 0 Å². The van der Waals surface area contributed by atoms with Gasteiger partial charge in [-0.15, -0.1) is 0 Å². The van der Waals surface area contributed by atoms with E-state index in [2.05, 4.69) is 8.57 Å². The summed E-state index contributed by atoms with van der Waals surface area (Å²) in [5, 5.41) is 41.8. The number of halogens is 6. The molecule has 0 atom stereocenters. The molecule has 3 aliphatic carbocycles. The fourth-order valence-electron chi connectivity index (χ4n) is 4.06. The van der Waals surface area contributed by atoms with Crippen molar-refractivity contribution in [2.24, 2.45) is 0 Å². The standard InChI is InChI=1S/C16H12F6N2O10S2/c17-15(18,19)3-35(29,30)33-23-11(25)7-5-1-2-6(9(7)13(23)27)10-8(5)12(26)24(14(10)28)34-36(31,32)4-16(20,21)22/h1-2,5-6,25-28H,3-4H2. The first kappa shape index (κ1) is 25.7. The van der Waals surface area contributed by atoms with Crippen LogP contribution in [0.3, 0.4) is 0 Å². The molecule has 0 radical (unpaired) electrons. The second-order valence-corrected chi connectivity index (χ2v) is 10.8. The van der Waals surface area contributed by atoms with E-state index in [-0.39, 0.29) is 9.46 Å². The van der Waals surface area contributed by atoms with E-state index in [4.69, 9.17) is 0 Å². The molecule has 5 rings (SSSR count). The molecule has 3 aliphatic rings. The fraction of sp³-hybridized carbons (Fsp3) is 0.375. The highest BCUT2D eigenvalue weighted by molar-refractivity contribution is 7.87. The van der Waals surface area contributed by atoms with Crippen molar-refractivity contribution < 1.29 is 72.2 Å². The van der Waals surface area contributed by atoms with Crippen molar-refractivity contribution in [3.8, 4) is 23.5 Å². The smallest absolute Gasteiger partial charge is 0.406 e. The zero-order valence-electron chi connectivity index (χ0n) is 16.9. The molecule has 0 amide bonds. The number of rotatable bonds is 6. The van der Waals surface area contributed by atoms with Crippen molar-refractivity contribution in [2.45, 2.75) is 24.2 Å². The quantitative estimate of drug-likeness (QED) is 0.288. The molecule has 0 saturated carbocycles. The van der Waals surface area contributed by atoms with Gasteiger partial charge in [0.2, 0.25) is 23.5 Å². The van der Waals surface area contributed by atoms with Gasteiger partial charge in [-0.05, 0) is 0 Å². The van der Waals surface area contributed by atoms with Crippen LogP contribution < -0.4 is 8.57 Å². The van der Waals surface area contributed by atoms with Crippen LogP contribution in [0.4, 0.5) is 26.3 Å². The summed E-state index contributed by atoms with van der Waals surface area (Å²) in [5.74, 6) is -12.7. The minimum absolute atomic E-state index is 0.225. The summed E-state index contributed by atoms with van der Waals surface area (Å²) in [7, 11) is -10.9. The second-order valence-electron chi connectivity index (χ2n) is 7.66. The van der Waals surface area contributed by atoms with Gasteiger partial charge in [0.25, 0.3) is 0 Å². The Balaban J connectivity index is 1.78. The Hall–Kier alpha value is -3.42. The first-order valence-electron chi connectivity index (χ1n) is 9.23. The van der Waals surface area contributed by atoms with E-state index in [1.54, 1.807) is 0 Å². The summed E-state index contributed by atoms with van der Waals surface area (Å²) in [6.07, 6.45) is -8.07. The van der Waals surface area contributed by atoms with Gasteiger partial charge >= 0.3 is 32.6 Å². The van der Waals surface area contributed by atoms with E-state index in [1.807, 2.05) is 0 Å². The number of aromatic nitrogens is 2. The molecule has 0 fully saturated rings. The summed E-state index contributed by atoms with van der Waals surface area (Å²) in [6, 6.07) is 0. The number of hydrogen-bond donors (Lipinski definition) is 4. The Morgan fingerprint density at radius 2 is 0.889 bits per heavy atom. The highest BCUT2D eigenvalue weighted by atomic mass is 32.2. The van der Waals surface area contributed by atoms with Crippen LogP contribution in [0.15, 0.2) is 12.2 Å². The average molecular weight is 570 g/mol. The van der Waals surface area contributed by atoms with Gasteiger partial charge in [0, 0.05) is 34.1 Å². The molecule has 12 nitrogen and oxygen atoms in total. The Kier molecular flexibility index (Phi) is 5.38. The van der Waals surface area contributed by atoms with Gasteiger partial charge < -0.3 is 20.4 Å². The summed E-state index contributed by atoms with van der Waals surface area (Å²) in [4.78, 5) is 0. The number of alkyl halides is 6. The van der Waals surface area contributed by atoms with Gasteiger partial charge in [0.15, 0.2) is 11.5 Å². The van der Waals surface area contributed by atoms with Crippen molar-refractivity contribution in [3.05, 3.63) is 34.4 Å². The number of hydrogen-bond acceptors (Lipinski definition) is 10. The Bertz CT molecular complexity index is 1330. The Morgan fingerprint density at radius 3 is 1.11 bits per heavy atom. The lowest BCUT2D eigenvalue weighted by Gasteiger charge is -2.30. The SMILES string of the molecule is O=S(=O)(CC(F)(F)F)On1c(O)c2c(c1O)C1C=CC2c2c1c(O)n(OS(=O)(=O)CC(F)(F)F)c2O. The molecule has 0 saturated heterocycles. The third-order valence-corrected chi connectivity index (χ3v) is 7.22. The molecule has 200 valence electrons. The zero-order valence-corrected chi connectivity index (χ0v) is 18.6. The predicted octanol–water partition coefficient (Wildman–Crippen LogP) is 0.900. The molecular formula is C16H12F6N2O10S2. The van der Waals surface area contributed by atoms with Crippen LogP contribution >= 0.6 is 0 Å². The van der Waals surface area contributed by atoms with Crippen molar-refractivity contribution in [3.63, 3.8) is 0 Å². The predicted molar refractivity (Wildman–Crippen MR) is 101 cm³/mol. The molecule has 0 aliphatic heterocycles. The Labute approximate surface area is 196 Å². The molecule has 2 aromatic heterocycles. The summed E-state index contributed by atoms with van der Waals surface area (Å²) >= 11 is 0. The van der Waals surface area contributed by atoms with Gasteiger partial charge in [0.05, 0.1) is 0 Å². The highest BCUT2D eigenvalue weighted by Crippen LogP contribution is 2.60. The minimum atomic E-state index is -5.45. The summed E-state index contributed by atoms with van der Waals surface area (Å²) in [6.45, 7) is 0. The Morgan fingerprint density at radius 1 is 0.639 bits per heavy atom. The van der Waals surface area contributed by atoms with E-state index in [1.165, 1.54) is 12.2 Å². The molecule has 2 bridgehead atoms. The van der Waals surface area contributed by atoms with Crippen molar-refractivity contribution in [1.29, 1.82) is 0 Å². The van der Waals surface area contributed by atoms with Crippen LogP contribution in [0.1, 0.15) is 34.1 Å². The normalized spacial score (nSPS) is 19.3. The van der Waals surface area contributed by atoms with E-state index in [9.17, 15) is 63.6 Å². The molecule has 2 heterocycles. The van der Waals surface area contributed by atoms with Crippen LogP contribution in [-0.2, 0) is 20.2 Å². The molecule has 36 heavy (non-hydrogen) atoms. The lowest BCUT2D eigenvalue weighted by Crippen LogP contribution is -2.30. The van der Waals surface area contributed by atoms with Crippen LogP contribution in [0.5, 0.6) is 23.5 Å². The van der Waals surface area contributed by atoms with E-state index in [0.717, 1.165) is 0 Å². The summed E-state index contributed by atoms with van der Waals surface area (Å²) < 4.78 is 130. The van der Waals surface area contributed by atoms with Gasteiger partial charge in [-0.25, -0.2) is 0 Å². The highest BCUT2D eigenvalue weighted by Gasteiger charge is 2.49. The second kappa shape index (κ2) is 7.54. The van der Waals surface area contributed by atoms with Crippen LogP contribution in [0, 0.1) is 0 Å². The minimum Gasteiger partial charge on any atom is -0.492 e. The third-order valence-electron chi connectivity index (χ3n) is 5.11. The van der Waals surface area contributed by atoms with Crippen molar-refractivity contribution in [2.75, 3.05) is 11.5 Å². The zero-order chi connectivity index (χ0) is 27.2. The van der Waals surface area contributed by atoms with Gasteiger partial charge in [0.1, 0.15) is 0 Å². The van der Waals surface area contributed by atoms with Gasteiger partial charge in [-0.3, -0.25) is 8.57 Å². The maximum atomic E-state index is 12.5. The molecule has 0 unspecified atom stereocenters. The monoisotopic (exact) mass is 570 g/mol. The fourth-order valence-corrected chi connectivity index (χ4v) is 5.71. The van der Waals surface area contributed by atoms with E-state index in [0.29, 0.717) is 0 Å². The number of allylic oxidation sites excluding steroid dienone is 2. The van der Waals surface area contributed by atoms with Crippen molar-refractivity contribution in [1.82, 2.24) is 9.46 Å². The molecule has 20 heteroatoms. The van der Waals surface area contributed by atoms with Gasteiger partial charge in [-0.2, -0.15) is 43.2 Å². The first-order chi connectivity index (χ1) is 16.2. The van der Waals surface area contributed by atoms with Gasteiger partial charge in [-0.1, -0.05) is 21.6 Å². The molecule has 0 spiro atoms. The largest absolute Gasteiger partial charge is 0.492 e. The lowest BCUT2D eigenvalue weighted by atomic mass is 9.70. The molecule has 2 aromatic rings. The van der Waals surface area contributed by atoms with Crippen LogP contribution in [0.25, 0.3) is 0 Å². The van der Waals surface area contributed by atoms with E-state index < -0.39 is 102 Å². The van der Waals surface area contributed by atoms with Crippen LogP contribution in [-0.4, -0.2) is 70.6 Å². The number of aromatic hydroxyl groups is 4. The number of nitrogens with zero attached hydrogens (tertiary/aromatic N) is 2. The average Bonchev–Trinajstić information content (AvgIpc) is 3.07. The molecule has 0 aromatic carbocycles. The summed E-state index contributed by atoms with van der Waals surface area (Å²) in [5.41, 5.74) is -1.67. The topological polar surface area (TPSA) is 178 Å². The third kappa shape index (κ3) is 4.22.